The SMILES string of the molecule is OB(O)c1cccnc1OC(F)C(F)F. The Morgan fingerprint density at radius 3 is 2.53 bits per heavy atom. The molecule has 1 atom stereocenters. The van der Waals surface area contributed by atoms with Gasteiger partial charge in [0.1, 0.15) is 0 Å². The molecule has 1 aromatic rings. The Kier molecular flexibility index (Phi) is 3.92. The van der Waals surface area contributed by atoms with Gasteiger partial charge in [-0.25, -0.2) is 13.8 Å². The quantitative estimate of drug-likeness (QED) is 0.685. The van der Waals surface area contributed by atoms with Gasteiger partial charge in [-0.2, -0.15) is 4.39 Å². The Labute approximate surface area is 83.5 Å². The third kappa shape index (κ3) is 3.10. The number of alkyl halides is 3. The van der Waals surface area contributed by atoms with Crippen molar-refractivity contribution in [2.75, 3.05) is 0 Å². The Balaban J connectivity index is 2.84. The summed E-state index contributed by atoms with van der Waals surface area (Å²) >= 11 is 0. The second-order valence-corrected chi connectivity index (χ2v) is 2.57. The summed E-state index contributed by atoms with van der Waals surface area (Å²) in [5.74, 6) is -0.569. The van der Waals surface area contributed by atoms with Crippen LogP contribution < -0.4 is 10.2 Å². The van der Waals surface area contributed by atoms with Crippen LogP contribution in [-0.4, -0.2) is 34.9 Å². The number of hydrogen-bond acceptors (Lipinski definition) is 4. The lowest BCUT2D eigenvalue weighted by molar-refractivity contribution is -0.0685. The highest BCUT2D eigenvalue weighted by molar-refractivity contribution is 6.59. The van der Waals surface area contributed by atoms with Crippen molar-refractivity contribution in [2.45, 2.75) is 12.8 Å². The molecule has 0 fully saturated rings. The maximum absolute atomic E-state index is 12.5. The fraction of sp³-hybridized carbons (Fsp3) is 0.286. The average Bonchev–Trinajstić information content (AvgIpc) is 2.18. The summed E-state index contributed by atoms with van der Waals surface area (Å²) < 4.78 is 40.2. The summed E-state index contributed by atoms with van der Waals surface area (Å²) in [6.45, 7) is 0. The van der Waals surface area contributed by atoms with Gasteiger partial charge in [0, 0.05) is 11.7 Å². The lowest BCUT2D eigenvalue weighted by atomic mass is 9.81. The molecule has 0 aliphatic rings. The molecule has 0 radical (unpaired) electrons. The molecular weight excluding hydrogens is 214 g/mol. The summed E-state index contributed by atoms with van der Waals surface area (Å²) in [5.41, 5.74) is -0.277. The average molecular weight is 221 g/mol. The number of aromatic nitrogens is 1. The Morgan fingerprint density at radius 2 is 2.00 bits per heavy atom. The fourth-order valence-corrected chi connectivity index (χ4v) is 0.856. The molecule has 15 heavy (non-hydrogen) atoms. The zero-order valence-electron chi connectivity index (χ0n) is 7.35. The lowest BCUT2D eigenvalue weighted by Gasteiger charge is -2.12. The van der Waals surface area contributed by atoms with Crippen LogP contribution in [0.15, 0.2) is 18.3 Å². The first kappa shape index (κ1) is 11.8. The molecule has 0 bridgehead atoms. The lowest BCUT2D eigenvalue weighted by Crippen LogP contribution is -2.34. The first-order chi connectivity index (χ1) is 7.02. The van der Waals surface area contributed by atoms with Crippen molar-refractivity contribution < 1.29 is 28.0 Å². The first-order valence-corrected chi connectivity index (χ1v) is 3.92. The summed E-state index contributed by atoms with van der Waals surface area (Å²) in [4.78, 5) is 3.41. The van der Waals surface area contributed by atoms with Crippen LogP contribution in [0.1, 0.15) is 0 Å². The summed E-state index contributed by atoms with van der Waals surface area (Å²) in [6.07, 6.45) is -5.02. The number of nitrogens with zero attached hydrogens (tertiary/aromatic N) is 1. The highest BCUT2D eigenvalue weighted by Crippen LogP contribution is 2.11. The second kappa shape index (κ2) is 4.99. The van der Waals surface area contributed by atoms with Crippen LogP contribution in [0.2, 0.25) is 0 Å². The maximum Gasteiger partial charge on any atom is 0.494 e. The van der Waals surface area contributed by atoms with E-state index in [4.69, 9.17) is 10.0 Å². The molecule has 2 N–H and O–H groups in total. The first-order valence-electron chi connectivity index (χ1n) is 3.92. The molecule has 1 rings (SSSR count). The van der Waals surface area contributed by atoms with Gasteiger partial charge >= 0.3 is 13.5 Å². The summed E-state index contributed by atoms with van der Waals surface area (Å²) in [6, 6.07) is 2.50. The number of pyridine rings is 1. The van der Waals surface area contributed by atoms with Crippen molar-refractivity contribution in [3.8, 4) is 5.88 Å². The molecule has 82 valence electrons. The van der Waals surface area contributed by atoms with Gasteiger partial charge in [0.25, 0.3) is 6.36 Å². The van der Waals surface area contributed by atoms with Crippen molar-refractivity contribution >= 4 is 12.6 Å². The summed E-state index contributed by atoms with van der Waals surface area (Å²) in [7, 11) is -1.96. The van der Waals surface area contributed by atoms with Crippen molar-refractivity contribution in [3.05, 3.63) is 18.3 Å². The zero-order chi connectivity index (χ0) is 11.4. The van der Waals surface area contributed by atoms with Gasteiger partial charge in [-0.1, -0.05) is 6.07 Å². The minimum absolute atomic E-state index is 0.277. The highest BCUT2D eigenvalue weighted by atomic mass is 19.3. The third-order valence-corrected chi connectivity index (χ3v) is 1.50. The van der Waals surface area contributed by atoms with E-state index < -0.39 is 25.8 Å². The molecule has 0 amide bonds. The van der Waals surface area contributed by atoms with Crippen molar-refractivity contribution in [2.24, 2.45) is 0 Å². The van der Waals surface area contributed by atoms with Crippen molar-refractivity contribution in [1.82, 2.24) is 4.98 Å². The molecule has 1 heterocycles. The van der Waals surface area contributed by atoms with Gasteiger partial charge in [-0.15, -0.1) is 0 Å². The van der Waals surface area contributed by atoms with Crippen molar-refractivity contribution in [3.63, 3.8) is 0 Å². The number of ether oxygens (including phenoxy) is 1. The minimum Gasteiger partial charge on any atom is -0.437 e. The molecule has 8 heteroatoms. The smallest absolute Gasteiger partial charge is 0.437 e. The van der Waals surface area contributed by atoms with Crippen molar-refractivity contribution in [1.29, 1.82) is 0 Å². The normalized spacial score (nSPS) is 12.7. The molecule has 0 spiro atoms. The highest BCUT2D eigenvalue weighted by Gasteiger charge is 2.25. The van der Waals surface area contributed by atoms with E-state index >= 15 is 0 Å². The summed E-state index contributed by atoms with van der Waals surface area (Å²) in [5, 5.41) is 17.6. The van der Waals surface area contributed by atoms with Crippen LogP contribution in [0.25, 0.3) is 0 Å². The topological polar surface area (TPSA) is 62.6 Å². The maximum atomic E-state index is 12.5. The van der Waals surface area contributed by atoms with Gasteiger partial charge in [0.05, 0.1) is 0 Å². The molecule has 4 nitrogen and oxygen atoms in total. The van der Waals surface area contributed by atoms with Gasteiger partial charge in [0.2, 0.25) is 5.88 Å². The largest absolute Gasteiger partial charge is 0.494 e. The van der Waals surface area contributed by atoms with Crippen LogP contribution in [0.3, 0.4) is 0 Å². The van der Waals surface area contributed by atoms with Crippen LogP contribution in [0, 0.1) is 0 Å². The molecule has 0 aromatic carbocycles. The predicted octanol–water partition coefficient (Wildman–Crippen LogP) is -0.299. The molecule has 0 saturated heterocycles. The molecule has 1 aromatic heterocycles. The predicted molar refractivity (Wildman–Crippen MR) is 45.6 cm³/mol. The molecule has 0 aliphatic carbocycles. The van der Waals surface area contributed by atoms with Gasteiger partial charge in [0.15, 0.2) is 0 Å². The molecule has 0 aliphatic heterocycles. The molecule has 1 unspecified atom stereocenters. The van der Waals surface area contributed by atoms with E-state index in [2.05, 4.69) is 9.72 Å². The second-order valence-electron chi connectivity index (χ2n) is 2.57. The molecule has 0 saturated carbocycles. The number of hydrogen-bond donors (Lipinski definition) is 2. The Morgan fingerprint density at radius 1 is 1.33 bits per heavy atom. The van der Waals surface area contributed by atoms with E-state index in [-0.39, 0.29) is 5.46 Å². The number of halogens is 3. The van der Waals surface area contributed by atoms with Gasteiger partial charge in [-0.3, -0.25) is 0 Å². The van der Waals surface area contributed by atoms with Crippen LogP contribution in [0.4, 0.5) is 13.2 Å². The number of rotatable bonds is 4. The fourth-order valence-electron chi connectivity index (χ4n) is 0.856. The Hall–Kier alpha value is -1.28. The van der Waals surface area contributed by atoms with E-state index in [9.17, 15) is 13.2 Å². The van der Waals surface area contributed by atoms with E-state index in [1.807, 2.05) is 0 Å². The van der Waals surface area contributed by atoms with E-state index in [1.54, 1.807) is 0 Å². The standard InChI is InChI=1S/C7H7BF3NO3/c9-5(10)6(11)15-7-4(8(13)14)2-1-3-12-7/h1-3,5-6,13-14H. The van der Waals surface area contributed by atoms with E-state index in [0.29, 0.717) is 0 Å². The van der Waals surface area contributed by atoms with E-state index in [1.165, 1.54) is 12.1 Å². The zero-order valence-corrected chi connectivity index (χ0v) is 7.35. The Bertz CT molecular complexity index is 326. The van der Waals surface area contributed by atoms with Gasteiger partial charge in [-0.05, 0) is 6.07 Å². The monoisotopic (exact) mass is 221 g/mol. The van der Waals surface area contributed by atoms with Crippen LogP contribution in [0.5, 0.6) is 5.88 Å². The van der Waals surface area contributed by atoms with E-state index in [0.717, 1.165) is 6.20 Å². The van der Waals surface area contributed by atoms with Gasteiger partial charge < -0.3 is 14.8 Å². The molecular formula is C7H7BF3NO3. The third-order valence-electron chi connectivity index (χ3n) is 1.50. The minimum atomic E-state index is -3.32. The van der Waals surface area contributed by atoms with Crippen LogP contribution in [-0.2, 0) is 0 Å². The van der Waals surface area contributed by atoms with Crippen LogP contribution >= 0.6 is 0 Å².